The fourth-order valence-electron chi connectivity index (χ4n) is 3.55. The highest BCUT2D eigenvalue weighted by Gasteiger charge is 2.37. The van der Waals surface area contributed by atoms with Crippen LogP contribution in [0.15, 0.2) is 42.6 Å². The maximum atomic E-state index is 13.1. The zero-order valence-electron chi connectivity index (χ0n) is 18.0. The van der Waals surface area contributed by atoms with Crippen molar-refractivity contribution in [3.63, 3.8) is 0 Å². The van der Waals surface area contributed by atoms with E-state index in [1.807, 2.05) is 24.4 Å². The quantitative estimate of drug-likeness (QED) is 0.444. The molecule has 1 aliphatic rings. The number of amides is 1. The van der Waals surface area contributed by atoms with Crippen LogP contribution in [0.3, 0.4) is 0 Å². The second kappa shape index (κ2) is 10.8. The van der Waals surface area contributed by atoms with Gasteiger partial charge in [0.15, 0.2) is 11.2 Å². The number of imidazole rings is 1. The number of benzene rings is 1. The summed E-state index contributed by atoms with van der Waals surface area (Å²) in [5.41, 5.74) is 1.65. The molecule has 1 aliphatic heterocycles. The van der Waals surface area contributed by atoms with Crippen molar-refractivity contribution in [3.8, 4) is 11.3 Å². The number of hydrogen-bond acceptors (Lipinski definition) is 5. The standard InChI is InChI=1S/C20H19Cl2N3O3.C2HF3O2/c21-14-9-13(10-15(22)11-14)17-16-3-1-2-6-25(16)18(23-17)19(27)24-20(12-26)4-7-28-8-5-20;3-2(4,5)1(6)7/h1-3,6,9-11,26H,4-5,7-8,12H2,(H,24,27);(H,6,7). The first-order valence-electron chi connectivity index (χ1n) is 10.2. The molecule has 2 aromatic heterocycles. The molecular weight excluding hydrogens is 514 g/mol. The van der Waals surface area contributed by atoms with Gasteiger partial charge in [0.25, 0.3) is 0 Å². The van der Waals surface area contributed by atoms with E-state index in [9.17, 15) is 23.1 Å². The fraction of sp³-hybridized carbons (Fsp3) is 0.318. The van der Waals surface area contributed by atoms with Crippen molar-refractivity contribution in [1.82, 2.24) is 10.3 Å². The van der Waals surface area contributed by atoms with Gasteiger partial charge in [-0.05, 0) is 43.2 Å². The molecule has 188 valence electrons. The number of aliphatic hydroxyl groups excluding tert-OH is 1. The highest BCUT2D eigenvalue weighted by Crippen LogP contribution is 2.29. The Morgan fingerprint density at radius 3 is 2.31 bits per heavy atom. The van der Waals surface area contributed by atoms with Crippen LogP contribution < -0.4 is 14.8 Å². The van der Waals surface area contributed by atoms with E-state index < -0.39 is 17.7 Å². The highest BCUT2D eigenvalue weighted by atomic mass is 35.5. The Hall–Kier alpha value is -2.86. The Bertz CT molecular complexity index is 1210. The number of carboxylic acids is 1. The number of carbonyl (C=O) groups is 2. The van der Waals surface area contributed by atoms with Crippen molar-refractivity contribution in [2.75, 3.05) is 19.8 Å². The van der Waals surface area contributed by atoms with Crippen LogP contribution in [0.1, 0.15) is 23.5 Å². The van der Waals surface area contributed by atoms with Crippen LogP contribution in [0, 0.1) is 0 Å². The number of nitrogens with zero attached hydrogens (tertiary/aromatic N) is 1. The summed E-state index contributed by atoms with van der Waals surface area (Å²) in [4.78, 5) is 25.1. The van der Waals surface area contributed by atoms with Crippen molar-refractivity contribution in [2.45, 2.75) is 24.6 Å². The summed E-state index contributed by atoms with van der Waals surface area (Å²) in [6, 6.07) is 10.9. The third-order valence-corrected chi connectivity index (χ3v) is 5.77. The number of aromatic nitrogens is 2. The van der Waals surface area contributed by atoms with Gasteiger partial charge in [-0.15, -0.1) is 0 Å². The van der Waals surface area contributed by atoms with Crippen molar-refractivity contribution in [3.05, 3.63) is 58.5 Å². The summed E-state index contributed by atoms with van der Waals surface area (Å²) < 4.78 is 38.7. The molecule has 13 heteroatoms. The number of alkyl halides is 3. The number of aromatic amines is 1. The molecule has 0 saturated carbocycles. The number of nitrogens with one attached hydrogen (secondary N) is 2. The van der Waals surface area contributed by atoms with Crippen LogP contribution >= 0.6 is 23.2 Å². The smallest absolute Gasteiger partial charge is 0.430 e. The Labute approximate surface area is 207 Å². The van der Waals surface area contributed by atoms with Gasteiger partial charge < -0.3 is 25.1 Å². The van der Waals surface area contributed by atoms with Crippen molar-refractivity contribution in [1.29, 1.82) is 0 Å². The van der Waals surface area contributed by atoms with E-state index in [2.05, 4.69) is 10.3 Å². The number of halogens is 5. The molecule has 8 nitrogen and oxygen atoms in total. The first-order chi connectivity index (χ1) is 16.5. The van der Waals surface area contributed by atoms with Crippen molar-refractivity contribution in [2.24, 2.45) is 0 Å². The normalized spacial score (nSPS) is 15.3. The van der Waals surface area contributed by atoms with Crippen LogP contribution in [-0.4, -0.2) is 53.5 Å². The summed E-state index contributed by atoms with van der Waals surface area (Å²) in [5.74, 6) is -2.94. The van der Waals surface area contributed by atoms with Crippen LogP contribution in [0.25, 0.3) is 16.8 Å². The third kappa shape index (κ3) is 6.43. The zero-order chi connectivity index (χ0) is 25.8. The number of fused-ring (bicyclic) bond motifs is 1. The van der Waals surface area contributed by atoms with Gasteiger partial charge in [0, 0.05) is 28.8 Å². The molecule has 1 aromatic carbocycles. The number of ether oxygens (including phenoxy) is 1. The minimum atomic E-state index is -5.19. The lowest BCUT2D eigenvalue weighted by molar-refractivity contribution is -0.514. The summed E-state index contributed by atoms with van der Waals surface area (Å²) in [6.07, 6.45) is -2.25. The van der Waals surface area contributed by atoms with E-state index >= 15 is 0 Å². The van der Waals surface area contributed by atoms with Crippen LogP contribution in [0.2, 0.25) is 10.0 Å². The Morgan fingerprint density at radius 2 is 1.77 bits per heavy atom. The van der Waals surface area contributed by atoms with E-state index in [-0.39, 0.29) is 12.5 Å². The SMILES string of the molecule is O=C(NC1(CO)CCOCC1)c1[nH]c(-c2cc(Cl)cc(Cl)c2)c2cccc[n+]12.O=C([O-])C(F)(F)F. The predicted molar refractivity (Wildman–Crippen MR) is 118 cm³/mol. The minimum absolute atomic E-state index is 0.137. The lowest BCUT2D eigenvalue weighted by Crippen LogP contribution is -2.55. The third-order valence-electron chi connectivity index (χ3n) is 5.33. The first kappa shape index (κ1) is 26.7. The van der Waals surface area contributed by atoms with E-state index in [1.54, 1.807) is 22.6 Å². The largest absolute Gasteiger partial charge is 0.542 e. The molecule has 3 N–H and O–H groups in total. The monoisotopic (exact) mass is 533 g/mol. The maximum absolute atomic E-state index is 13.1. The predicted octanol–water partition coefficient (Wildman–Crippen LogP) is 2.30. The summed E-state index contributed by atoms with van der Waals surface area (Å²) in [6.45, 7) is 0.875. The molecule has 0 bridgehead atoms. The van der Waals surface area contributed by atoms with Crippen molar-refractivity contribution < 1.29 is 42.1 Å². The number of rotatable bonds is 4. The van der Waals surface area contributed by atoms with Gasteiger partial charge in [-0.2, -0.15) is 17.6 Å². The lowest BCUT2D eigenvalue weighted by Gasteiger charge is -2.35. The molecule has 1 fully saturated rings. The number of H-pyrrole nitrogens is 1. The lowest BCUT2D eigenvalue weighted by atomic mass is 9.91. The molecule has 3 heterocycles. The number of aliphatic carboxylic acids is 1. The number of hydrogen-bond donors (Lipinski definition) is 3. The summed E-state index contributed by atoms with van der Waals surface area (Å²) in [7, 11) is 0. The zero-order valence-corrected chi connectivity index (χ0v) is 19.5. The average Bonchev–Trinajstić information content (AvgIpc) is 3.19. The van der Waals surface area contributed by atoms with Crippen LogP contribution in [0.5, 0.6) is 0 Å². The topological polar surface area (TPSA) is 119 Å². The van der Waals surface area contributed by atoms with Gasteiger partial charge in [0.05, 0.1) is 18.3 Å². The van der Waals surface area contributed by atoms with Crippen molar-refractivity contribution >= 4 is 40.6 Å². The van der Waals surface area contributed by atoms with Crippen LogP contribution in [-0.2, 0) is 9.53 Å². The average molecular weight is 534 g/mol. The number of aliphatic hydroxyl groups is 1. The van der Waals surface area contributed by atoms with E-state index in [1.165, 1.54) is 0 Å². The Balaban J connectivity index is 0.000000429. The fourth-order valence-corrected chi connectivity index (χ4v) is 4.08. The van der Waals surface area contributed by atoms with Gasteiger partial charge in [-0.3, -0.25) is 4.79 Å². The van der Waals surface area contributed by atoms with Gasteiger partial charge in [0.2, 0.25) is 0 Å². The molecular formula is C22H20Cl2F3N3O5. The number of carboxylic acid groups (broad SMARTS) is 1. The Kier molecular flexibility index (Phi) is 8.26. The second-order valence-electron chi connectivity index (χ2n) is 7.75. The van der Waals surface area contributed by atoms with Gasteiger partial charge in [-0.25, -0.2) is 4.98 Å². The van der Waals surface area contributed by atoms with E-state index in [0.717, 1.165) is 16.8 Å². The minimum Gasteiger partial charge on any atom is -0.542 e. The molecule has 0 aliphatic carbocycles. The maximum Gasteiger partial charge on any atom is 0.430 e. The van der Waals surface area contributed by atoms with Gasteiger partial charge >= 0.3 is 17.9 Å². The highest BCUT2D eigenvalue weighted by molar-refractivity contribution is 6.35. The second-order valence-corrected chi connectivity index (χ2v) is 8.63. The molecule has 3 aromatic rings. The Morgan fingerprint density at radius 1 is 1.17 bits per heavy atom. The molecule has 1 amide bonds. The molecule has 1 saturated heterocycles. The number of carbonyl (C=O) groups excluding carboxylic acids is 2. The molecule has 0 unspecified atom stereocenters. The molecule has 0 spiro atoms. The molecule has 0 atom stereocenters. The summed E-state index contributed by atoms with van der Waals surface area (Å²) in [5, 5.41) is 22.7. The van der Waals surface area contributed by atoms with Gasteiger partial charge in [-0.1, -0.05) is 29.3 Å². The number of pyridine rings is 1. The molecule has 35 heavy (non-hydrogen) atoms. The van der Waals surface area contributed by atoms with Crippen LogP contribution in [0.4, 0.5) is 13.2 Å². The first-order valence-corrected chi connectivity index (χ1v) is 11.0. The van der Waals surface area contributed by atoms with E-state index in [0.29, 0.717) is 41.9 Å². The molecule has 4 rings (SSSR count). The summed E-state index contributed by atoms with van der Waals surface area (Å²) >= 11 is 12.3. The van der Waals surface area contributed by atoms with Gasteiger partial charge in [0.1, 0.15) is 5.97 Å². The molecule has 0 radical (unpaired) electrons. The van der Waals surface area contributed by atoms with E-state index in [4.69, 9.17) is 37.8 Å².